The van der Waals surface area contributed by atoms with Crippen molar-refractivity contribution in [3.63, 3.8) is 0 Å². The Hall–Kier alpha value is -2.31. The summed E-state index contributed by atoms with van der Waals surface area (Å²) in [6.45, 7) is 2.04. The van der Waals surface area contributed by atoms with Crippen LogP contribution >= 0.6 is 0 Å². The predicted octanol–water partition coefficient (Wildman–Crippen LogP) is 1.30. The second-order valence-corrected chi connectivity index (χ2v) is 7.32. The zero-order chi connectivity index (χ0) is 17.7. The fourth-order valence-electron chi connectivity index (χ4n) is 4.60. The number of aliphatic hydroxyl groups excluding tert-OH is 1. The van der Waals surface area contributed by atoms with Crippen molar-refractivity contribution >= 4 is 5.91 Å². The molecule has 0 bridgehead atoms. The van der Waals surface area contributed by atoms with E-state index in [0.717, 1.165) is 43.6 Å². The van der Waals surface area contributed by atoms with Gasteiger partial charge in [-0.15, -0.1) is 0 Å². The van der Waals surface area contributed by atoms with Gasteiger partial charge in [0.2, 0.25) is 0 Å². The number of carbonyl (C=O) groups excluding carboxylic acids is 1. The van der Waals surface area contributed by atoms with Crippen molar-refractivity contribution in [2.75, 3.05) is 13.1 Å². The maximum atomic E-state index is 13.2. The summed E-state index contributed by atoms with van der Waals surface area (Å²) in [5, 5.41) is 14.2. The van der Waals surface area contributed by atoms with Crippen LogP contribution in [-0.2, 0) is 16.1 Å². The number of benzene rings is 1. The van der Waals surface area contributed by atoms with Crippen LogP contribution in [0, 0.1) is 0 Å². The number of rotatable bonds is 3. The minimum absolute atomic E-state index is 0.0342. The van der Waals surface area contributed by atoms with Gasteiger partial charge in [0, 0.05) is 12.2 Å². The maximum absolute atomic E-state index is 13.2. The van der Waals surface area contributed by atoms with Gasteiger partial charge >= 0.3 is 0 Å². The quantitative estimate of drug-likeness (QED) is 0.858. The number of hydrogen-bond donors (Lipinski definition) is 2. The highest BCUT2D eigenvalue weighted by Crippen LogP contribution is 2.43. The molecule has 0 spiro atoms. The van der Waals surface area contributed by atoms with E-state index in [9.17, 15) is 9.90 Å². The number of amides is 1. The first-order valence-corrected chi connectivity index (χ1v) is 9.37. The minimum Gasteiger partial charge on any atom is -0.488 e. The van der Waals surface area contributed by atoms with E-state index in [1.807, 2.05) is 41.3 Å². The van der Waals surface area contributed by atoms with E-state index in [2.05, 4.69) is 10.2 Å². The number of aliphatic hydroxyl groups is 1. The third-order valence-electron chi connectivity index (χ3n) is 5.76. The van der Waals surface area contributed by atoms with Crippen molar-refractivity contribution in [3.05, 3.63) is 59.1 Å². The number of fused-ring (bicyclic) bond motifs is 2. The van der Waals surface area contributed by atoms with Gasteiger partial charge in [-0.1, -0.05) is 30.3 Å². The summed E-state index contributed by atoms with van der Waals surface area (Å²) >= 11 is 0. The Morgan fingerprint density at radius 3 is 2.96 bits per heavy atom. The van der Waals surface area contributed by atoms with E-state index >= 15 is 0 Å². The first-order chi connectivity index (χ1) is 12.7. The standard InChI is InChI=1S/C20H23N3O3/c24-16-11-14-7-8-15-19-21-9-4-10-22(19)20(25)17(23(14)15)18(16)26-12-13-5-2-1-3-6-13/h1-3,5-6,11,15-16,19,21,24H,4,7-10,12H2. The molecule has 6 nitrogen and oxygen atoms in total. The summed E-state index contributed by atoms with van der Waals surface area (Å²) in [5.74, 6) is 0.353. The average Bonchev–Trinajstić information content (AvgIpc) is 3.09. The smallest absolute Gasteiger partial charge is 0.275 e. The third-order valence-corrected chi connectivity index (χ3v) is 5.76. The summed E-state index contributed by atoms with van der Waals surface area (Å²) < 4.78 is 6.00. The van der Waals surface area contributed by atoms with Crippen LogP contribution in [0.25, 0.3) is 0 Å². The van der Waals surface area contributed by atoms with Crippen LogP contribution in [0.4, 0.5) is 0 Å². The minimum atomic E-state index is -0.864. The number of ether oxygens (including phenoxy) is 1. The Bertz CT molecular complexity index is 789. The van der Waals surface area contributed by atoms with E-state index in [4.69, 9.17) is 4.74 Å². The van der Waals surface area contributed by atoms with Crippen molar-refractivity contribution in [2.24, 2.45) is 0 Å². The molecule has 3 unspecified atom stereocenters. The number of nitrogens with zero attached hydrogens (tertiary/aromatic N) is 2. The summed E-state index contributed by atoms with van der Waals surface area (Å²) in [6, 6.07) is 10.0. The molecule has 3 atom stereocenters. The van der Waals surface area contributed by atoms with Gasteiger partial charge in [-0.05, 0) is 37.4 Å². The SMILES string of the molecule is O=C1C2=C(OCc3ccccc3)C(O)C=C3CCC(C4NCCCN14)N32. The molecule has 6 heteroatoms. The molecule has 1 amide bonds. The highest BCUT2D eigenvalue weighted by Gasteiger charge is 2.51. The largest absolute Gasteiger partial charge is 0.488 e. The highest BCUT2D eigenvalue weighted by molar-refractivity contribution is 5.95. The molecule has 4 aliphatic rings. The van der Waals surface area contributed by atoms with Gasteiger partial charge in [0.1, 0.15) is 24.6 Å². The van der Waals surface area contributed by atoms with Crippen molar-refractivity contribution < 1.29 is 14.6 Å². The molecule has 0 radical (unpaired) electrons. The molecule has 4 heterocycles. The number of carbonyl (C=O) groups is 1. The number of piperazine rings is 1. The van der Waals surface area contributed by atoms with E-state index < -0.39 is 6.10 Å². The number of hydrogen-bond acceptors (Lipinski definition) is 5. The lowest BCUT2D eigenvalue weighted by molar-refractivity contribution is -0.140. The highest BCUT2D eigenvalue weighted by atomic mass is 16.5. The number of allylic oxidation sites excluding steroid dienone is 1. The normalized spacial score (nSPS) is 30.1. The molecule has 3 fully saturated rings. The van der Waals surface area contributed by atoms with Gasteiger partial charge < -0.3 is 19.6 Å². The zero-order valence-electron chi connectivity index (χ0n) is 14.6. The second kappa shape index (κ2) is 6.14. The Balaban J connectivity index is 1.51. The Kier molecular flexibility index (Phi) is 3.76. The molecular weight excluding hydrogens is 330 g/mol. The molecule has 0 saturated carbocycles. The Morgan fingerprint density at radius 2 is 2.12 bits per heavy atom. The molecule has 0 aliphatic carbocycles. The van der Waals surface area contributed by atoms with Gasteiger partial charge in [0.15, 0.2) is 5.76 Å². The van der Waals surface area contributed by atoms with E-state index in [1.165, 1.54) is 0 Å². The van der Waals surface area contributed by atoms with Crippen LogP contribution in [0.2, 0.25) is 0 Å². The molecule has 1 aromatic carbocycles. The first-order valence-electron chi connectivity index (χ1n) is 9.37. The molecule has 4 aliphatic heterocycles. The van der Waals surface area contributed by atoms with Gasteiger partial charge in [-0.25, -0.2) is 0 Å². The molecule has 1 aromatic rings. The maximum Gasteiger partial charge on any atom is 0.275 e. The van der Waals surface area contributed by atoms with Gasteiger partial charge in [-0.2, -0.15) is 0 Å². The summed E-state index contributed by atoms with van der Waals surface area (Å²) in [5.41, 5.74) is 2.60. The zero-order valence-corrected chi connectivity index (χ0v) is 14.6. The lowest BCUT2D eigenvalue weighted by atomic mass is 10.00. The lowest BCUT2D eigenvalue weighted by Crippen LogP contribution is -2.67. The third kappa shape index (κ3) is 2.36. The average molecular weight is 353 g/mol. The Morgan fingerprint density at radius 1 is 1.27 bits per heavy atom. The molecular formula is C20H23N3O3. The van der Waals surface area contributed by atoms with Gasteiger partial charge in [-0.3, -0.25) is 10.1 Å². The fourth-order valence-corrected chi connectivity index (χ4v) is 4.60. The van der Waals surface area contributed by atoms with Crippen LogP contribution < -0.4 is 5.32 Å². The second-order valence-electron chi connectivity index (χ2n) is 7.32. The van der Waals surface area contributed by atoms with Crippen LogP contribution in [0.5, 0.6) is 0 Å². The first kappa shape index (κ1) is 15.9. The van der Waals surface area contributed by atoms with Crippen molar-refractivity contribution in [1.82, 2.24) is 15.1 Å². The topological polar surface area (TPSA) is 65.0 Å². The molecule has 5 rings (SSSR count). The molecule has 2 N–H and O–H groups in total. The Labute approximate surface area is 152 Å². The molecule has 26 heavy (non-hydrogen) atoms. The summed E-state index contributed by atoms with van der Waals surface area (Å²) in [6.07, 6.45) is 3.85. The van der Waals surface area contributed by atoms with Crippen LogP contribution in [0.1, 0.15) is 24.8 Å². The van der Waals surface area contributed by atoms with Crippen LogP contribution in [0.15, 0.2) is 53.6 Å². The lowest BCUT2D eigenvalue weighted by Gasteiger charge is -2.50. The molecule has 3 saturated heterocycles. The van der Waals surface area contributed by atoms with Crippen molar-refractivity contribution in [3.8, 4) is 0 Å². The van der Waals surface area contributed by atoms with Gasteiger partial charge in [0.25, 0.3) is 5.91 Å². The van der Waals surface area contributed by atoms with E-state index in [1.54, 1.807) is 0 Å². The summed E-state index contributed by atoms with van der Waals surface area (Å²) in [4.78, 5) is 17.3. The molecule has 0 aromatic heterocycles. The van der Waals surface area contributed by atoms with E-state index in [0.29, 0.717) is 18.1 Å². The van der Waals surface area contributed by atoms with Crippen molar-refractivity contribution in [1.29, 1.82) is 0 Å². The molecule has 136 valence electrons. The van der Waals surface area contributed by atoms with Crippen molar-refractivity contribution in [2.45, 2.75) is 44.2 Å². The van der Waals surface area contributed by atoms with Crippen LogP contribution in [0.3, 0.4) is 0 Å². The monoisotopic (exact) mass is 353 g/mol. The predicted molar refractivity (Wildman–Crippen MR) is 95.3 cm³/mol. The van der Waals surface area contributed by atoms with Crippen LogP contribution in [-0.4, -0.2) is 52.2 Å². The fraction of sp³-hybridized carbons (Fsp3) is 0.450. The van der Waals surface area contributed by atoms with E-state index in [-0.39, 0.29) is 18.1 Å². The summed E-state index contributed by atoms with van der Waals surface area (Å²) in [7, 11) is 0. The van der Waals surface area contributed by atoms with Gasteiger partial charge in [0.05, 0.1) is 6.04 Å². The number of nitrogens with one attached hydrogen (secondary N) is 1.